The molecule has 1 aliphatic rings. The van der Waals surface area contributed by atoms with Crippen LogP contribution < -0.4 is 5.32 Å². The van der Waals surface area contributed by atoms with E-state index in [2.05, 4.69) is 17.4 Å². The molecule has 21 heavy (non-hydrogen) atoms. The molecule has 0 fully saturated rings. The lowest BCUT2D eigenvalue weighted by molar-refractivity contribution is -0.121. The Labute approximate surface area is 128 Å². The summed E-state index contributed by atoms with van der Waals surface area (Å²) in [6.07, 6.45) is 2.57. The molecule has 2 N–H and O–H groups in total. The van der Waals surface area contributed by atoms with Crippen molar-refractivity contribution in [3.8, 4) is 0 Å². The van der Waals surface area contributed by atoms with Crippen molar-refractivity contribution in [2.24, 2.45) is 0 Å². The van der Waals surface area contributed by atoms with E-state index in [1.54, 1.807) is 11.3 Å². The minimum atomic E-state index is -0.820. The zero-order chi connectivity index (χ0) is 14.7. The lowest BCUT2D eigenvalue weighted by atomic mass is 9.80. The molecule has 0 aliphatic heterocycles. The maximum absolute atomic E-state index is 11.9. The Hall–Kier alpha value is -1.65. The van der Waals surface area contributed by atoms with E-state index in [1.807, 2.05) is 29.6 Å². The summed E-state index contributed by atoms with van der Waals surface area (Å²) in [6, 6.07) is 12.1. The lowest BCUT2D eigenvalue weighted by Gasteiger charge is -2.33. The van der Waals surface area contributed by atoms with Gasteiger partial charge in [0.15, 0.2) is 0 Å². The average Bonchev–Trinajstić information content (AvgIpc) is 2.98. The Morgan fingerprint density at radius 2 is 2.05 bits per heavy atom. The maximum atomic E-state index is 11.9. The van der Waals surface area contributed by atoms with Gasteiger partial charge in [-0.15, -0.1) is 11.3 Å². The van der Waals surface area contributed by atoms with Crippen LogP contribution in [0.3, 0.4) is 0 Å². The summed E-state index contributed by atoms with van der Waals surface area (Å²) in [5.74, 6) is -0.0234. The van der Waals surface area contributed by atoms with Crippen LogP contribution in [0.15, 0.2) is 41.8 Å². The fourth-order valence-electron chi connectivity index (χ4n) is 2.83. The van der Waals surface area contributed by atoms with Crippen molar-refractivity contribution in [3.63, 3.8) is 0 Å². The number of aryl methyl sites for hydroxylation is 1. The van der Waals surface area contributed by atoms with Gasteiger partial charge in [0.2, 0.25) is 5.91 Å². The Balaban J connectivity index is 1.57. The highest BCUT2D eigenvalue weighted by molar-refractivity contribution is 7.10. The number of fused-ring (bicyclic) bond motifs is 1. The van der Waals surface area contributed by atoms with Crippen LogP contribution in [0.4, 0.5) is 0 Å². The molecule has 2 aromatic rings. The maximum Gasteiger partial charge on any atom is 0.225 e. The second-order valence-electron chi connectivity index (χ2n) is 5.70. The van der Waals surface area contributed by atoms with E-state index in [-0.39, 0.29) is 5.91 Å². The Bertz CT molecular complexity index is 623. The smallest absolute Gasteiger partial charge is 0.225 e. The first-order valence-electron chi connectivity index (χ1n) is 7.23. The molecule has 1 amide bonds. The molecule has 1 aliphatic carbocycles. The molecule has 0 radical (unpaired) electrons. The van der Waals surface area contributed by atoms with Crippen LogP contribution in [0.25, 0.3) is 0 Å². The normalized spacial score (nSPS) is 20.8. The van der Waals surface area contributed by atoms with Crippen LogP contribution >= 0.6 is 11.3 Å². The predicted molar refractivity (Wildman–Crippen MR) is 84.4 cm³/mol. The van der Waals surface area contributed by atoms with Crippen LogP contribution in [-0.2, 0) is 24.1 Å². The Kier molecular flexibility index (Phi) is 4.08. The van der Waals surface area contributed by atoms with Crippen LogP contribution in [-0.4, -0.2) is 23.2 Å². The van der Waals surface area contributed by atoms with Crippen LogP contribution in [0.2, 0.25) is 0 Å². The van der Waals surface area contributed by atoms with Gasteiger partial charge in [0.1, 0.15) is 0 Å². The molecule has 4 heteroatoms. The molecule has 0 saturated heterocycles. The van der Waals surface area contributed by atoms with Gasteiger partial charge in [0, 0.05) is 17.8 Å². The van der Waals surface area contributed by atoms with Gasteiger partial charge in [-0.1, -0.05) is 30.3 Å². The molecule has 3 nitrogen and oxygen atoms in total. The van der Waals surface area contributed by atoms with E-state index in [1.165, 1.54) is 11.1 Å². The SMILES string of the molecule is O=C(Cc1cccs1)NC[C@]1(O)CCc2ccccc2C1. The van der Waals surface area contributed by atoms with Crippen molar-refractivity contribution in [2.75, 3.05) is 6.54 Å². The van der Waals surface area contributed by atoms with E-state index in [4.69, 9.17) is 0 Å². The van der Waals surface area contributed by atoms with Crippen molar-refractivity contribution in [3.05, 3.63) is 57.8 Å². The minimum absolute atomic E-state index is 0.0234. The number of hydrogen-bond donors (Lipinski definition) is 2. The van der Waals surface area contributed by atoms with Gasteiger partial charge < -0.3 is 10.4 Å². The number of benzene rings is 1. The van der Waals surface area contributed by atoms with Gasteiger partial charge in [-0.25, -0.2) is 0 Å². The van der Waals surface area contributed by atoms with Crippen molar-refractivity contribution < 1.29 is 9.90 Å². The fraction of sp³-hybridized carbons (Fsp3) is 0.353. The molecule has 1 atom stereocenters. The largest absolute Gasteiger partial charge is 0.388 e. The van der Waals surface area contributed by atoms with Crippen molar-refractivity contribution in [1.29, 1.82) is 0 Å². The zero-order valence-corrected chi connectivity index (χ0v) is 12.7. The van der Waals surface area contributed by atoms with Gasteiger partial charge in [0.05, 0.1) is 12.0 Å². The highest BCUT2D eigenvalue weighted by atomic mass is 32.1. The summed E-state index contributed by atoms with van der Waals surface area (Å²) in [6.45, 7) is 0.325. The van der Waals surface area contributed by atoms with Crippen LogP contribution in [0.1, 0.15) is 22.4 Å². The zero-order valence-electron chi connectivity index (χ0n) is 11.8. The molecule has 0 saturated carbocycles. The number of hydrogen-bond acceptors (Lipinski definition) is 3. The molecule has 1 aromatic heterocycles. The number of amides is 1. The third-order valence-corrected chi connectivity index (χ3v) is 4.90. The topological polar surface area (TPSA) is 49.3 Å². The van der Waals surface area contributed by atoms with Crippen LogP contribution in [0, 0.1) is 0 Å². The van der Waals surface area contributed by atoms with Crippen molar-refractivity contribution in [1.82, 2.24) is 5.32 Å². The number of nitrogens with one attached hydrogen (secondary N) is 1. The van der Waals surface area contributed by atoms with Gasteiger partial charge in [-0.3, -0.25) is 4.79 Å². The quantitative estimate of drug-likeness (QED) is 0.910. The highest BCUT2D eigenvalue weighted by Gasteiger charge is 2.32. The van der Waals surface area contributed by atoms with E-state index in [9.17, 15) is 9.90 Å². The van der Waals surface area contributed by atoms with Crippen molar-refractivity contribution >= 4 is 17.2 Å². The molecule has 0 bridgehead atoms. The predicted octanol–water partition coefficient (Wildman–Crippen LogP) is 2.33. The monoisotopic (exact) mass is 301 g/mol. The number of aliphatic hydroxyl groups is 1. The summed E-state index contributed by atoms with van der Waals surface area (Å²) < 4.78 is 0. The molecule has 0 spiro atoms. The molecule has 3 rings (SSSR count). The first-order chi connectivity index (χ1) is 10.1. The molecule has 0 unspecified atom stereocenters. The first-order valence-corrected chi connectivity index (χ1v) is 8.11. The second kappa shape index (κ2) is 6.00. The first kappa shape index (κ1) is 14.3. The molecule has 1 heterocycles. The Morgan fingerprint density at radius 3 is 2.81 bits per heavy atom. The van der Waals surface area contributed by atoms with E-state index >= 15 is 0 Å². The van der Waals surface area contributed by atoms with Crippen LogP contribution in [0.5, 0.6) is 0 Å². The van der Waals surface area contributed by atoms with E-state index < -0.39 is 5.60 Å². The second-order valence-corrected chi connectivity index (χ2v) is 6.73. The third kappa shape index (κ3) is 3.52. The van der Waals surface area contributed by atoms with E-state index in [0.717, 1.165) is 11.3 Å². The summed E-state index contributed by atoms with van der Waals surface area (Å²) in [4.78, 5) is 13.0. The van der Waals surface area contributed by atoms with Crippen molar-refractivity contribution in [2.45, 2.75) is 31.3 Å². The Morgan fingerprint density at radius 1 is 1.24 bits per heavy atom. The highest BCUT2D eigenvalue weighted by Crippen LogP contribution is 2.28. The van der Waals surface area contributed by atoms with E-state index in [0.29, 0.717) is 25.8 Å². The van der Waals surface area contributed by atoms with Gasteiger partial charge in [-0.2, -0.15) is 0 Å². The van der Waals surface area contributed by atoms with Gasteiger partial charge in [0.25, 0.3) is 0 Å². The fourth-order valence-corrected chi connectivity index (χ4v) is 3.54. The molecular formula is C17H19NO2S. The molecular weight excluding hydrogens is 282 g/mol. The lowest BCUT2D eigenvalue weighted by Crippen LogP contribution is -2.47. The van der Waals surface area contributed by atoms with Gasteiger partial charge in [-0.05, 0) is 35.4 Å². The van der Waals surface area contributed by atoms with Gasteiger partial charge >= 0.3 is 0 Å². The number of carbonyl (C=O) groups is 1. The number of rotatable bonds is 4. The third-order valence-electron chi connectivity index (χ3n) is 4.03. The standard InChI is InChI=1S/C17H19NO2S/c19-16(10-15-6-3-9-21-15)18-12-17(20)8-7-13-4-1-2-5-14(13)11-17/h1-6,9,20H,7-8,10-12H2,(H,18,19)/t17-/m0/s1. The molecule has 110 valence electrons. The summed E-state index contributed by atoms with van der Waals surface area (Å²) >= 11 is 1.58. The average molecular weight is 301 g/mol. The number of thiophene rings is 1. The minimum Gasteiger partial charge on any atom is -0.388 e. The summed E-state index contributed by atoms with van der Waals surface area (Å²) in [5.41, 5.74) is 1.69. The number of carbonyl (C=O) groups excluding carboxylic acids is 1. The summed E-state index contributed by atoms with van der Waals surface area (Å²) in [7, 11) is 0. The molecule has 1 aromatic carbocycles. The summed E-state index contributed by atoms with van der Waals surface area (Å²) in [5, 5.41) is 15.5.